The predicted octanol–water partition coefficient (Wildman–Crippen LogP) is 3.91. The molecule has 0 aliphatic heterocycles. The first-order valence-electron chi connectivity index (χ1n) is 7.13. The van der Waals surface area contributed by atoms with Gasteiger partial charge >= 0.3 is 0 Å². The van der Waals surface area contributed by atoms with Crippen molar-refractivity contribution < 1.29 is 5.11 Å². The molecular weight excluding hydrogens is 244 g/mol. The standard InChI is InChI=1S/C16H23ClO/c1-10-8-12-13(15(12,2)3)9-11(10)16(18)7-5-4-6-14(16)17/h5,7,9-10,12-14,18H,4,6,8H2,1-3H3/t10-,12+,13-,14-,16-/m0/s1. The lowest BCUT2D eigenvalue weighted by Crippen LogP contribution is -2.43. The average molecular weight is 267 g/mol. The van der Waals surface area contributed by atoms with Crippen molar-refractivity contribution in [3.63, 3.8) is 0 Å². The monoisotopic (exact) mass is 266 g/mol. The van der Waals surface area contributed by atoms with E-state index in [1.54, 1.807) is 0 Å². The molecule has 3 rings (SSSR count). The molecule has 3 aliphatic rings. The van der Waals surface area contributed by atoms with Gasteiger partial charge in [0.25, 0.3) is 0 Å². The fourth-order valence-electron chi connectivity index (χ4n) is 4.07. The molecule has 1 nitrogen and oxygen atoms in total. The maximum atomic E-state index is 11.0. The first kappa shape index (κ1) is 12.7. The molecule has 1 N–H and O–H groups in total. The van der Waals surface area contributed by atoms with Crippen molar-refractivity contribution in [1.82, 2.24) is 0 Å². The highest BCUT2D eigenvalue weighted by atomic mass is 35.5. The molecule has 2 heteroatoms. The summed E-state index contributed by atoms with van der Waals surface area (Å²) in [7, 11) is 0. The van der Waals surface area contributed by atoms with Gasteiger partial charge in [-0.25, -0.2) is 0 Å². The second kappa shape index (κ2) is 3.86. The van der Waals surface area contributed by atoms with Gasteiger partial charge in [-0.1, -0.05) is 39.0 Å². The Labute approximate surface area is 115 Å². The number of hydrogen-bond acceptors (Lipinski definition) is 1. The van der Waals surface area contributed by atoms with Crippen molar-refractivity contribution in [2.45, 2.75) is 51.0 Å². The molecule has 0 unspecified atom stereocenters. The fourth-order valence-corrected chi connectivity index (χ4v) is 4.39. The Hall–Kier alpha value is -0.270. The summed E-state index contributed by atoms with van der Waals surface area (Å²) < 4.78 is 0. The Kier molecular flexibility index (Phi) is 2.74. The first-order valence-corrected chi connectivity index (χ1v) is 7.57. The van der Waals surface area contributed by atoms with E-state index in [0.29, 0.717) is 17.3 Å². The van der Waals surface area contributed by atoms with Gasteiger partial charge in [0.1, 0.15) is 5.60 Å². The van der Waals surface area contributed by atoms with Crippen LogP contribution < -0.4 is 0 Å². The van der Waals surface area contributed by atoms with Gasteiger partial charge in [-0.2, -0.15) is 0 Å². The van der Waals surface area contributed by atoms with E-state index < -0.39 is 5.60 Å². The van der Waals surface area contributed by atoms with Gasteiger partial charge in [-0.05, 0) is 48.0 Å². The molecule has 0 aromatic heterocycles. The zero-order chi connectivity index (χ0) is 13.1. The number of hydrogen-bond donors (Lipinski definition) is 1. The van der Waals surface area contributed by atoms with E-state index in [4.69, 9.17) is 11.6 Å². The van der Waals surface area contributed by atoms with Gasteiger partial charge in [0.05, 0.1) is 5.38 Å². The molecular formula is C16H23ClO. The van der Waals surface area contributed by atoms with Crippen LogP contribution in [-0.2, 0) is 0 Å². The van der Waals surface area contributed by atoms with Crippen LogP contribution >= 0.6 is 11.6 Å². The number of allylic oxidation sites excluding steroid dienone is 2. The Bertz CT molecular complexity index is 423. The Morgan fingerprint density at radius 2 is 2.11 bits per heavy atom. The third kappa shape index (κ3) is 1.63. The van der Waals surface area contributed by atoms with Crippen LogP contribution in [0.25, 0.3) is 0 Å². The minimum Gasteiger partial charge on any atom is -0.380 e. The summed E-state index contributed by atoms with van der Waals surface area (Å²) in [5.41, 5.74) is 0.695. The molecule has 0 radical (unpaired) electrons. The molecule has 1 fully saturated rings. The SMILES string of the molecule is C[C@H]1C[C@@H]2[C@H](C=C1[C@@]1(O)C=CCC[C@@H]1Cl)C2(C)C. The van der Waals surface area contributed by atoms with E-state index in [9.17, 15) is 5.11 Å². The van der Waals surface area contributed by atoms with Crippen LogP contribution in [0.1, 0.15) is 40.0 Å². The minimum atomic E-state index is -0.900. The van der Waals surface area contributed by atoms with Gasteiger partial charge in [0.15, 0.2) is 0 Å². The normalized spacial score (nSPS) is 49.5. The zero-order valence-corrected chi connectivity index (χ0v) is 12.2. The zero-order valence-electron chi connectivity index (χ0n) is 11.5. The molecule has 18 heavy (non-hydrogen) atoms. The number of fused-ring (bicyclic) bond motifs is 1. The van der Waals surface area contributed by atoms with Gasteiger partial charge in [-0.3, -0.25) is 0 Å². The summed E-state index contributed by atoms with van der Waals surface area (Å²) in [6.45, 7) is 6.92. The van der Waals surface area contributed by atoms with E-state index in [1.165, 1.54) is 12.0 Å². The van der Waals surface area contributed by atoms with Crippen LogP contribution in [0.2, 0.25) is 0 Å². The van der Waals surface area contributed by atoms with E-state index in [1.807, 2.05) is 6.08 Å². The molecule has 0 aromatic carbocycles. The Morgan fingerprint density at radius 1 is 1.39 bits per heavy atom. The summed E-state index contributed by atoms with van der Waals surface area (Å²) in [5.74, 6) is 1.90. The quantitative estimate of drug-likeness (QED) is 0.564. The maximum absolute atomic E-state index is 11.0. The third-order valence-electron chi connectivity index (χ3n) is 5.54. The topological polar surface area (TPSA) is 20.2 Å². The van der Waals surface area contributed by atoms with Crippen molar-refractivity contribution in [2.75, 3.05) is 0 Å². The van der Waals surface area contributed by atoms with Crippen LogP contribution in [0.3, 0.4) is 0 Å². The van der Waals surface area contributed by atoms with Gasteiger partial charge in [-0.15, -0.1) is 11.6 Å². The Morgan fingerprint density at radius 3 is 2.78 bits per heavy atom. The van der Waals surface area contributed by atoms with Crippen molar-refractivity contribution in [3.8, 4) is 0 Å². The number of alkyl halides is 1. The van der Waals surface area contributed by atoms with Crippen LogP contribution in [0.15, 0.2) is 23.8 Å². The highest BCUT2D eigenvalue weighted by Crippen LogP contribution is 2.65. The number of aliphatic hydroxyl groups is 1. The van der Waals surface area contributed by atoms with Crippen molar-refractivity contribution in [3.05, 3.63) is 23.8 Å². The lowest BCUT2D eigenvalue weighted by Gasteiger charge is -2.39. The second-order valence-electron chi connectivity index (χ2n) is 6.99. The van der Waals surface area contributed by atoms with E-state index in [0.717, 1.165) is 18.8 Å². The van der Waals surface area contributed by atoms with E-state index in [2.05, 4.69) is 32.9 Å². The molecule has 0 bridgehead atoms. The van der Waals surface area contributed by atoms with Crippen molar-refractivity contribution in [2.24, 2.45) is 23.2 Å². The van der Waals surface area contributed by atoms with Crippen molar-refractivity contribution in [1.29, 1.82) is 0 Å². The van der Waals surface area contributed by atoms with Gasteiger partial charge in [0.2, 0.25) is 0 Å². The van der Waals surface area contributed by atoms with Crippen LogP contribution in [-0.4, -0.2) is 16.1 Å². The van der Waals surface area contributed by atoms with Crippen LogP contribution in [0.5, 0.6) is 0 Å². The molecule has 1 saturated carbocycles. The Balaban J connectivity index is 1.96. The molecule has 0 saturated heterocycles. The predicted molar refractivity (Wildman–Crippen MR) is 75.6 cm³/mol. The summed E-state index contributed by atoms with van der Waals surface area (Å²) >= 11 is 6.41. The highest BCUT2D eigenvalue weighted by molar-refractivity contribution is 6.22. The first-order chi connectivity index (χ1) is 8.37. The molecule has 0 spiro atoms. The molecule has 0 aromatic rings. The molecule has 100 valence electrons. The molecule has 0 heterocycles. The summed E-state index contributed by atoms with van der Waals surface area (Å²) in [6.07, 6.45) is 9.40. The molecule has 3 aliphatic carbocycles. The lowest BCUT2D eigenvalue weighted by atomic mass is 9.74. The summed E-state index contributed by atoms with van der Waals surface area (Å²) in [5, 5.41) is 10.8. The van der Waals surface area contributed by atoms with Gasteiger partial charge in [0, 0.05) is 0 Å². The van der Waals surface area contributed by atoms with E-state index in [-0.39, 0.29) is 5.38 Å². The highest BCUT2D eigenvalue weighted by Gasteiger charge is 2.59. The molecule has 5 atom stereocenters. The van der Waals surface area contributed by atoms with Crippen LogP contribution in [0, 0.1) is 23.2 Å². The van der Waals surface area contributed by atoms with Crippen LogP contribution in [0.4, 0.5) is 0 Å². The second-order valence-corrected chi connectivity index (χ2v) is 7.51. The lowest BCUT2D eigenvalue weighted by molar-refractivity contribution is 0.102. The van der Waals surface area contributed by atoms with Crippen molar-refractivity contribution >= 4 is 11.6 Å². The summed E-state index contributed by atoms with van der Waals surface area (Å²) in [4.78, 5) is 0. The maximum Gasteiger partial charge on any atom is 0.120 e. The minimum absolute atomic E-state index is 0.172. The number of rotatable bonds is 1. The number of halogens is 1. The average Bonchev–Trinajstić information content (AvgIpc) is 2.84. The van der Waals surface area contributed by atoms with Gasteiger partial charge < -0.3 is 5.11 Å². The third-order valence-corrected chi connectivity index (χ3v) is 6.09. The fraction of sp³-hybridized carbons (Fsp3) is 0.750. The largest absolute Gasteiger partial charge is 0.380 e. The smallest absolute Gasteiger partial charge is 0.120 e. The van der Waals surface area contributed by atoms with E-state index >= 15 is 0 Å². The summed E-state index contributed by atoms with van der Waals surface area (Å²) in [6, 6.07) is 0. The molecule has 0 amide bonds.